The molecule has 0 aliphatic carbocycles. The summed E-state index contributed by atoms with van der Waals surface area (Å²) < 4.78 is 0. The van der Waals surface area contributed by atoms with Crippen LogP contribution in [-0.4, -0.2) is 28.9 Å². The number of amides is 1. The van der Waals surface area contributed by atoms with Gasteiger partial charge in [-0.25, -0.2) is 4.98 Å². The molecule has 4 nitrogen and oxygen atoms in total. The van der Waals surface area contributed by atoms with Crippen LogP contribution in [0.1, 0.15) is 19.0 Å². The predicted octanol–water partition coefficient (Wildman–Crippen LogP) is 1.43. The minimum atomic E-state index is -0.404. The summed E-state index contributed by atoms with van der Waals surface area (Å²) in [6, 6.07) is 5.57. The van der Waals surface area contributed by atoms with Gasteiger partial charge in [0.15, 0.2) is 0 Å². The van der Waals surface area contributed by atoms with Gasteiger partial charge in [-0.2, -0.15) is 0 Å². The van der Waals surface area contributed by atoms with Crippen LogP contribution in [0.15, 0.2) is 18.2 Å². The highest BCUT2D eigenvalue weighted by atomic mass is 35.5. The van der Waals surface area contributed by atoms with E-state index in [0.717, 1.165) is 18.7 Å². The third-order valence-corrected chi connectivity index (χ3v) is 3.52. The summed E-state index contributed by atoms with van der Waals surface area (Å²) in [5, 5.41) is 0.499. The van der Waals surface area contributed by atoms with Gasteiger partial charge in [0.1, 0.15) is 5.15 Å². The van der Waals surface area contributed by atoms with Gasteiger partial charge >= 0.3 is 0 Å². The van der Waals surface area contributed by atoms with Crippen LogP contribution in [0.4, 0.5) is 0 Å². The molecule has 1 atom stereocenters. The first-order chi connectivity index (χ1) is 7.99. The molecule has 1 aliphatic rings. The van der Waals surface area contributed by atoms with E-state index in [0.29, 0.717) is 18.2 Å². The Morgan fingerprint density at radius 2 is 2.41 bits per heavy atom. The van der Waals surface area contributed by atoms with Crippen molar-refractivity contribution in [3.63, 3.8) is 0 Å². The van der Waals surface area contributed by atoms with Gasteiger partial charge in [0.05, 0.1) is 11.1 Å². The fraction of sp³-hybridized carbons (Fsp3) is 0.500. The van der Waals surface area contributed by atoms with E-state index in [4.69, 9.17) is 17.3 Å². The number of carbonyl (C=O) groups is 1. The molecule has 0 bridgehead atoms. The molecule has 0 aromatic carbocycles. The summed E-state index contributed by atoms with van der Waals surface area (Å²) in [6.45, 7) is 4.19. The molecule has 1 saturated heterocycles. The maximum atomic E-state index is 11.3. The molecule has 1 fully saturated rings. The summed E-state index contributed by atoms with van der Waals surface area (Å²) >= 11 is 5.83. The Balaban J connectivity index is 2.01. The van der Waals surface area contributed by atoms with Crippen LogP contribution in [0.2, 0.25) is 5.15 Å². The van der Waals surface area contributed by atoms with Gasteiger partial charge in [-0.15, -0.1) is 0 Å². The SMILES string of the molecule is CC1(C(N)=O)CCN(Cc2cccc(Cl)n2)C1. The summed E-state index contributed by atoms with van der Waals surface area (Å²) in [5.74, 6) is -0.223. The number of nitrogens with two attached hydrogens (primary N) is 1. The van der Waals surface area contributed by atoms with Crippen molar-refractivity contribution in [3.8, 4) is 0 Å². The van der Waals surface area contributed by atoms with E-state index in [-0.39, 0.29) is 5.91 Å². The summed E-state index contributed by atoms with van der Waals surface area (Å²) in [7, 11) is 0. The lowest BCUT2D eigenvalue weighted by molar-refractivity contribution is -0.126. The van der Waals surface area contributed by atoms with Gasteiger partial charge in [0, 0.05) is 13.1 Å². The second-order valence-corrected chi connectivity index (χ2v) is 5.22. The smallest absolute Gasteiger partial charge is 0.224 e. The summed E-state index contributed by atoms with van der Waals surface area (Å²) in [6.07, 6.45) is 0.808. The third kappa shape index (κ3) is 2.76. The van der Waals surface area contributed by atoms with Crippen LogP contribution in [-0.2, 0) is 11.3 Å². The summed E-state index contributed by atoms with van der Waals surface area (Å²) in [5.41, 5.74) is 5.93. The quantitative estimate of drug-likeness (QED) is 0.829. The van der Waals surface area contributed by atoms with Crippen molar-refractivity contribution in [2.45, 2.75) is 19.9 Å². The molecule has 1 aromatic heterocycles. The number of hydrogen-bond acceptors (Lipinski definition) is 3. The normalized spacial score (nSPS) is 25.1. The van der Waals surface area contributed by atoms with E-state index in [1.165, 1.54) is 0 Å². The Hall–Kier alpha value is -1.13. The lowest BCUT2D eigenvalue weighted by Gasteiger charge is -2.20. The zero-order valence-corrected chi connectivity index (χ0v) is 10.6. The van der Waals surface area contributed by atoms with Crippen molar-refractivity contribution < 1.29 is 4.79 Å². The molecule has 0 radical (unpaired) electrons. The van der Waals surface area contributed by atoms with E-state index in [2.05, 4.69) is 9.88 Å². The highest BCUT2D eigenvalue weighted by Gasteiger charge is 2.38. The molecule has 2 N–H and O–H groups in total. The number of aromatic nitrogens is 1. The first-order valence-electron chi connectivity index (χ1n) is 5.63. The number of carbonyl (C=O) groups excluding carboxylic acids is 1. The Kier molecular flexibility index (Phi) is 3.35. The lowest BCUT2D eigenvalue weighted by Crippen LogP contribution is -2.37. The molecular formula is C12H16ClN3O. The summed E-state index contributed by atoms with van der Waals surface area (Å²) in [4.78, 5) is 17.8. The average molecular weight is 254 g/mol. The molecule has 1 unspecified atom stereocenters. The van der Waals surface area contributed by atoms with Crippen molar-refractivity contribution in [2.75, 3.05) is 13.1 Å². The molecule has 2 heterocycles. The maximum Gasteiger partial charge on any atom is 0.224 e. The predicted molar refractivity (Wildman–Crippen MR) is 66.4 cm³/mol. The highest BCUT2D eigenvalue weighted by Crippen LogP contribution is 2.30. The van der Waals surface area contributed by atoms with Gasteiger partial charge < -0.3 is 5.73 Å². The van der Waals surface area contributed by atoms with Crippen molar-refractivity contribution >= 4 is 17.5 Å². The number of nitrogens with zero attached hydrogens (tertiary/aromatic N) is 2. The Morgan fingerprint density at radius 3 is 3.00 bits per heavy atom. The van der Waals surface area contributed by atoms with Gasteiger partial charge in [-0.1, -0.05) is 17.7 Å². The van der Waals surface area contributed by atoms with Crippen LogP contribution < -0.4 is 5.73 Å². The van der Waals surface area contributed by atoms with Crippen molar-refractivity contribution in [3.05, 3.63) is 29.0 Å². The number of hydrogen-bond donors (Lipinski definition) is 1. The molecule has 92 valence electrons. The van der Waals surface area contributed by atoms with E-state index in [1.54, 1.807) is 6.07 Å². The van der Waals surface area contributed by atoms with Crippen molar-refractivity contribution in [2.24, 2.45) is 11.1 Å². The van der Waals surface area contributed by atoms with E-state index < -0.39 is 5.41 Å². The number of halogens is 1. The van der Waals surface area contributed by atoms with Crippen molar-refractivity contribution in [1.29, 1.82) is 0 Å². The highest BCUT2D eigenvalue weighted by molar-refractivity contribution is 6.29. The number of rotatable bonds is 3. The number of pyridine rings is 1. The van der Waals surface area contributed by atoms with Crippen LogP contribution >= 0.6 is 11.6 Å². The molecule has 17 heavy (non-hydrogen) atoms. The van der Waals surface area contributed by atoms with E-state index >= 15 is 0 Å². The second-order valence-electron chi connectivity index (χ2n) is 4.84. The average Bonchev–Trinajstić information content (AvgIpc) is 2.61. The van der Waals surface area contributed by atoms with Gasteiger partial charge in [0.2, 0.25) is 5.91 Å². The molecule has 0 spiro atoms. The first kappa shape index (κ1) is 12.3. The molecule has 1 aliphatic heterocycles. The van der Waals surface area contributed by atoms with Crippen LogP contribution in [0.25, 0.3) is 0 Å². The minimum absolute atomic E-state index is 0.223. The molecule has 2 rings (SSSR count). The Morgan fingerprint density at radius 1 is 1.65 bits per heavy atom. The van der Waals surface area contributed by atoms with Crippen LogP contribution in [0, 0.1) is 5.41 Å². The zero-order valence-electron chi connectivity index (χ0n) is 9.82. The maximum absolute atomic E-state index is 11.3. The minimum Gasteiger partial charge on any atom is -0.369 e. The molecule has 1 aromatic rings. The lowest BCUT2D eigenvalue weighted by atomic mass is 9.89. The van der Waals surface area contributed by atoms with Crippen LogP contribution in [0.3, 0.4) is 0 Å². The second kappa shape index (κ2) is 4.63. The van der Waals surface area contributed by atoms with Crippen molar-refractivity contribution in [1.82, 2.24) is 9.88 Å². The van der Waals surface area contributed by atoms with E-state index in [9.17, 15) is 4.79 Å². The fourth-order valence-electron chi connectivity index (χ4n) is 2.16. The van der Waals surface area contributed by atoms with Gasteiger partial charge in [-0.3, -0.25) is 9.69 Å². The van der Waals surface area contributed by atoms with Gasteiger partial charge in [-0.05, 0) is 32.0 Å². The molecule has 5 heteroatoms. The largest absolute Gasteiger partial charge is 0.369 e. The number of likely N-dealkylation sites (tertiary alicyclic amines) is 1. The molecular weight excluding hydrogens is 238 g/mol. The van der Waals surface area contributed by atoms with E-state index in [1.807, 2.05) is 19.1 Å². The zero-order chi connectivity index (χ0) is 12.5. The first-order valence-corrected chi connectivity index (χ1v) is 6.01. The number of primary amides is 1. The Labute approximate surface area is 106 Å². The molecule has 1 amide bonds. The Bertz CT molecular complexity index is 438. The monoisotopic (exact) mass is 253 g/mol. The van der Waals surface area contributed by atoms with Gasteiger partial charge in [0.25, 0.3) is 0 Å². The fourth-order valence-corrected chi connectivity index (χ4v) is 2.34. The standard InChI is InChI=1S/C12H16ClN3O/c1-12(11(14)17)5-6-16(8-12)7-9-3-2-4-10(13)15-9/h2-4H,5-8H2,1H3,(H2,14,17). The third-order valence-electron chi connectivity index (χ3n) is 3.31. The topological polar surface area (TPSA) is 59.2 Å². The van der Waals surface area contributed by atoms with Crippen LogP contribution in [0.5, 0.6) is 0 Å². The molecule has 0 saturated carbocycles.